The molecule has 798 valence electrons. The minimum absolute atomic E-state index is 0.0162. The van der Waals surface area contributed by atoms with Crippen molar-refractivity contribution in [3.8, 4) is 0 Å². The van der Waals surface area contributed by atoms with Gasteiger partial charge in [-0.3, -0.25) is 56.9 Å². The number of carbonyl (C=O) groups is 6. The fraction of sp³-hybridized carbons (Fsp3) is 0.791. The fourth-order valence-corrected chi connectivity index (χ4v) is 28.0. The van der Waals surface area contributed by atoms with Gasteiger partial charge in [0.1, 0.15) is 11.2 Å². The number of nitrogens with zero attached hydrogens (tertiary/aromatic N) is 20. The van der Waals surface area contributed by atoms with Gasteiger partial charge in [0.2, 0.25) is 23.6 Å². The van der Waals surface area contributed by atoms with Crippen molar-refractivity contribution >= 4 is 35.4 Å². The van der Waals surface area contributed by atoms with Gasteiger partial charge in [0.15, 0.2) is 0 Å². The Morgan fingerprint density at radius 2 is 0.538 bits per heavy atom. The van der Waals surface area contributed by atoms with Gasteiger partial charge in [-0.1, -0.05) is 83.1 Å². The van der Waals surface area contributed by atoms with Gasteiger partial charge in [-0.05, 0) is 340 Å². The van der Waals surface area contributed by atoms with Gasteiger partial charge in [0.05, 0.1) is 132 Å². The molecule has 6 aromatic heterocycles. The van der Waals surface area contributed by atoms with E-state index in [1.165, 1.54) is 33.4 Å². The van der Waals surface area contributed by atoms with Gasteiger partial charge in [-0.2, -0.15) is 30.6 Å². The predicted molar refractivity (Wildman–Crippen MR) is 559 cm³/mol. The molecule has 23 fully saturated rings. The lowest BCUT2D eigenvalue weighted by Gasteiger charge is -2.50. The molecule has 12 bridgehead atoms. The van der Waals surface area contributed by atoms with Gasteiger partial charge in [0.25, 0.3) is 11.8 Å². The summed E-state index contributed by atoms with van der Waals surface area (Å²) in [5.41, 5.74) is 6.72. The Morgan fingerprint density at radius 1 is 0.290 bits per heavy atom. The molecule has 19 aliphatic heterocycles. The largest absolute Gasteiger partial charge is 0.377 e. The smallest absolute Gasteiger partial charge is 0.254 e. The Labute approximate surface area is 864 Å². The molecule has 6 amide bonds. The number of likely N-dealkylation sites (tertiary alicyclic amines) is 6. The normalized spacial score (nSPS) is 31.0. The van der Waals surface area contributed by atoms with E-state index >= 15 is 0 Å². The summed E-state index contributed by atoms with van der Waals surface area (Å²) in [5.74, 6) is 7.21. The number of piperidine rings is 10. The number of rotatable bonds is 24. The van der Waals surface area contributed by atoms with Crippen LogP contribution >= 0.6 is 0 Å². The van der Waals surface area contributed by atoms with E-state index < -0.39 is 11.2 Å². The summed E-state index contributed by atoms with van der Waals surface area (Å²) in [6.07, 6.45) is 57.3. The van der Waals surface area contributed by atoms with E-state index in [1.54, 1.807) is 0 Å². The summed E-state index contributed by atoms with van der Waals surface area (Å²) < 4.78 is 35.6. The predicted octanol–water partition coefficient (Wildman–Crippen LogP) is 15.5. The third-order valence-electron chi connectivity index (χ3n) is 37.7. The molecule has 0 unspecified atom stereocenters. The van der Waals surface area contributed by atoms with Crippen LogP contribution in [0.15, 0.2) is 74.4 Å². The lowest BCUT2D eigenvalue weighted by atomic mass is 9.69. The Hall–Kier alpha value is -8.16. The van der Waals surface area contributed by atoms with Crippen molar-refractivity contribution in [3.05, 3.63) is 108 Å². The first-order valence-electron chi connectivity index (χ1n) is 57.2. The zero-order chi connectivity index (χ0) is 102. The van der Waals surface area contributed by atoms with Gasteiger partial charge in [-0.25, -0.2) is 0 Å². The minimum atomic E-state index is -0.450. The van der Waals surface area contributed by atoms with Crippen LogP contribution in [0.25, 0.3) is 0 Å². The first-order valence-corrected chi connectivity index (χ1v) is 57.2. The monoisotopic (exact) mass is 2000 g/mol. The number of carbonyl (C=O) groups excluding carboxylic acids is 6. The van der Waals surface area contributed by atoms with Gasteiger partial charge >= 0.3 is 0 Å². The molecule has 0 atom stereocenters. The SMILES string of the molecule is CC(C)Cc1cnn(C2(C)CCN(C(=O)C34CC(CO3)C4)CC2)c1.CC(C)Cc1cnn(C2(C)CCN(C(=O)C34CCN(CC3)C4)CC2)c1.CC(C)Cc1cnn(C2(C)CCN(C(=O)C34CCN(CC3)CC4)CC2)c1.CC(C)Cc1cnn(C2(C)CCN(C(=O)C34COC(C3)C4)CC2)c1.CC(C)Cc1cnn(C2CCN(C(=O)C34CC(CO3)C4)CC2)c1.CC(C)Cc1cnn(C2CCN(C(=O)C34COC(C3)C4)CC2)c1. The van der Waals surface area contributed by atoms with Crippen molar-refractivity contribution in [1.29, 1.82) is 0 Å². The highest BCUT2D eigenvalue weighted by Crippen LogP contribution is 2.56. The Bertz CT molecular complexity index is 5130. The molecule has 19 saturated heterocycles. The summed E-state index contributed by atoms with van der Waals surface area (Å²) in [6.45, 7) is 55.6. The Morgan fingerprint density at radius 3 is 0.800 bits per heavy atom. The molecule has 145 heavy (non-hydrogen) atoms. The molecule has 4 aliphatic carbocycles. The number of hydrogen-bond acceptors (Lipinski definition) is 18. The average Bonchev–Trinajstić information content (AvgIpc) is 1.59. The fourth-order valence-electron chi connectivity index (χ4n) is 28.0. The van der Waals surface area contributed by atoms with Crippen LogP contribution in [-0.4, -0.2) is 301 Å². The van der Waals surface area contributed by atoms with Crippen LogP contribution in [0.2, 0.25) is 0 Å². The van der Waals surface area contributed by atoms with Crippen LogP contribution in [0.4, 0.5) is 0 Å². The van der Waals surface area contributed by atoms with E-state index in [0.717, 1.165) is 330 Å². The molecule has 0 aromatic carbocycles. The van der Waals surface area contributed by atoms with Crippen molar-refractivity contribution in [2.75, 3.05) is 144 Å². The second-order valence-corrected chi connectivity index (χ2v) is 52.5. The van der Waals surface area contributed by atoms with Gasteiger partial charge < -0.3 is 58.1 Å². The molecular formula is C115H178N20O10. The summed E-state index contributed by atoms with van der Waals surface area (Å²) in [4.78, 5) is 95.0. The maximum Gasteiger partial charge on any atom is 0.254 e. The summed E-state index contributed by atoms with van der Waals surface area (Å²) in [7, 11) is 0. The van der Waals surface area contributed by atoms with E-state index in [0.29, 0.717) is 108 Å². The van der Waals surface area contributed by atoms with E-state index in [4.69, 9.17) is 18.9 Å². The lowest BCUT2D eigenvalue weighted by Crippen LogP contribution is -2.58. The van der Waals surface area contributed by atoms with Gasteiger partial charge in [-0.15, -0.1) is 0 Å². The Balaban J connectivity index is 0.000000110. The number of aromatic nitrogens is 12. The molecule has 4 saturated carbocycles. The van der Waals surface area contributed by atoms with Crippen LogP contribution in [0.1, 0.15) is 317 Å². The summed E-state index contributed by atoms with van der Waals surface area (Å²) in [6, 6.07) is 0.863. The molecule has 0 spiro atoms. The number of ether oxygens (including phenoxy) is 4. The Kier molecular flexibility index (Phi) is 30.9. The van der Waals surface area contributed by atoms with Crippen molar-refractivity contribution in [2.45, 2.75) is 367 Å². The molecule has 0 radical (unpaired) electrons. The van der Waals surface area contributed by atoms with Crippen molar-refractivity contribution in [2.24, 2.45) is 69.0 Å². The third kappa shape index (κ3) is 22.5. The number of amides is 6. The standard InChI is InChI=1S/C21H34N4O.C20H32N4O.2C19H29N3O2.2C18H27N3O2/c1-17(2)14-18-15-22-25(16-18)20(3)4-12-24(13-5-20)19(26)21-6-9-23(10-7-21)11-8-21;1-16(2)12-17-13-21-24(14-17)19(3)4-10-23(11-5-19)18(25)20-6-8-22(15-20)9-7-20;1-14(2)8-15-11-20-22(12-15)18(3)4-6-21(7-5-18)17(23)19-9-16(10-19)24-13-19;1-14(2)8-15-11-20-22(12-15)18(3)4-6-21(7-5-18)17(23)19-9-16(10-19)13-24-19;1-13(2)7-14-10-19-21(11-14)16-3-5-20(6-4-16)17(22)18-8-15(9-18)12-23-18;1-13(2)7-14-10-19-21(11-14)15-3-5-20(6-4-15)17(22)18-8-16(9-18)23-12-18/h15-17H,4-14H2,1-3H3;13-14,16H,4-12,15H2,1-3H3;2*11-12,14,16H,4-10,13H2,1-3H3;2*10-11,13,15-16H,3-9,12H2,1-2H3. The second kappa shape index (κ2) is 42.6. The number of hydrogen-bond donors (Lipinski definition) is 0. The first-order chi connectivity index (χ1) is 69.2. The van der Waals surface area contributed by atoms with Crippen molar-refractivity contribution in [3.63, 3.8) is 0 Å². The second-order valence-electron chi connectivity index (χ2n) is 52.5. The van der Waals surface area contributed by atoms with E-state index in [2.05, 4.69) is 236 Å². The maximum atomic E-state index is 13.3. The molecule has 0 N–H and O–H groups in total. The average molecular weight is 2000 g/mol. The summed E-state index contributed by atoms with van der Waals surface area (Å²) >= 11 is 0. The van der Waals surface area contributed by atoms with E-state index in [-0.39, 0.29) is 55.6 Å². The lowest BCUT2D eigenvalue weighted by molar-refractivity contribution is -0.157. The van der Waals surface area contributed by atoms with Crippen LogP contribution in [-0.2, 0) is 108 Å². The zero-order valence-corrected chi connectivity index (χ0v) is 91.4. The molecule has 6 aromatic rings. The first kappa shape index (κ1) is 105. The third-order valence-corrected chi connectivity index (χ3v) is 37.7. The van der Waals surface area contributed by atoms with Crippen LogP contribution in [0, 0.1) is 69.0 Å². The van der Waals surface area contributed by atoms with Crippen molar-refractivity contribution < 1.29 is 47.7 Å². The number of fused-ring (bicyclic) bond motifs is 9. The maximum absolute atomic E-state index is 13.3. The zero-order valence-electron chi connectivity index (χ0n) is 91.4. The minimum Gasteiger partial charge on any atom is -0.377 e. The molecule has 23 aliphatic rings. The van der Waals surface area contributed by atoms with Crippen molar-refractivity contribution in [1.82, 2.24) is 97.9 Å². The summed E-state index contributed by atoms with van der Waals surface area (Å²) in [5, 5.41) is 27.7. The van der Waals surface area contributed by atoms with E-state index in [1.807, 2.05) is 47.0 Å². The highest BCUT2D eigenvalue weighted by atomic mass is 16.5. The van der Waals surface area contributed by atoms with Crippen LogP contribution in [0.3, 0.4) is 0 Å². The molecule has 29 rings (SSSR count). The van der Waals surface area contributed by atoms with Crippen LogP contribution < -0.4 is 0 Å². The van der Waals surface area contributed by atoms with Gasteiger partial charge in [0, 0.05) is 122 Å². The van der Waals surface area contributed by atoms with E-state index in [9.17, 15) is 28.8 Å². The highest BCUT2D eigenvalue weighted by molar-refractivity contribution is 5.89. The molecular weight excluding hydrogens is 1820 g/mol. The molecule has 25 heterocycles. The molecule has 30 nitrogen and oxygen atoms in total. The quantitative estimate of drug-likeness (QED) is 0.0544. The molecule has 30 heteroatoms. The highest BCUT2D eigenvalue weighted by Gasteiger charge is 2.63. The van der Waals surface area contributed by atoms with Crippen LogP contribution in [0.5, 0.6) is 0 Å². The topological polar surface area (TPSA) is 272 Å².